The monoisotopic (exact) mass is 353 g/mol. The number of methoxy groups -OCH3 is 1. The molecule has 0 aliphatic heterocycles. The van der Waals surface area contributed by atoms with Crippen LogP contribution < -0.4 is 4.74 Å². The van der Waals surface area contributed by atoms with Crippen LogP contribution in [0.1, 0.15) is 5.82 Å². The fourth-order valence-electron chi connectivity index (χ4n) is 2.21. The quantitative estimate of drug-likeness (QED) is 0.635. The maximum absolute atomic E-state index is 5.86. The van der Waals surface area contributed by atoms with E-state index in [9.17, 15) is 0 Å². The lowest BCUT2D eigenvalue weighted by molar-refractivity contribution is 0.416. The Labute approximate surface area is 142 Å². The number of ether oxygens (including phenoxy) is 1. The van der Waals surface area contributed by atoms with Gasteiger partial charge in [-0.15, -0.1) is 0 Å². The lowest BCUT2D eigenvalue weighted by Gasteiger charge is -2.13. The molecule has 1 aromatic heterocycles. The predicted octanol–water partition coefficient (Wildman–Crippen LogP) is 4.53. The zero-order valence-corrected chi connectivity index (χ0v) is 13.7. The van der Waals surface area contributed by atoms with Gasteiger partial charge in [0.25, 0.3) is 0 Å². The van der Waals surface area contributed by atoms with Gasteiger partial charge in [-0.05, 0) is 16.8 Å². The highest BCUT2D eigenvalue weighted by molar-refractivity contribution is 6.66. The molecule has 3 aromatic rings. The van der Waals surface area contributed by atoms with E-state index in [4.69, 9.17) is 39.5 Å². The molecule has 0 atom stereocenters. The molecule has 4 nitrogen and oxygen atoms in total. The van der Waals surface area contributed by atoms with Gasteiger partial charge in [0.2, 0.25) is 3.79 Å². The van der Waals surface area contributed by atoms with Gasteiger partial charge in [-0.3, -0.25) is 0 Å². The smallest absolute Gasteiger partial charge is 0.250 e. The first-order chi connectivity index (χ1) is 10.5. The predicted molar refractivity (Wildman–Crippen MR) is 88.6 cm³/mol. The number of aromatic nitrogens is 3. The van der Waals surface area contributed by atoms with Crippen molar-refractivity contribution >= 4 is 45.6 Å². The highest BCUT2D eigenvalue weighted by Crippen LogP contribution is 2.38. The third-order valence-electron chi connectivity index (χ3n) is 3.16. The fraction of sp³-hybridized carbons (Fsp3) is 0.133. The van der Waals surface area contributed by atoms with E-state index in [1.165, 1.54) is 6.33 Å². The molecule has 0 saturated heterocycles. The van der Waals surface area contributed by atoms with E-state index in [1.807, 2.05) is 36.4 Å². The van der Waals surface area contributed by atoms with E-state index < -0.39 is 3.79 Å². The average molecular weight is 355 g/mol. The zero-order chi connectivity index (χ0) is 15.7. The standard InChI is InChI=1S/C15H10Cl3N3O/c1-22-11-7-6-9-4-2-3-5-10(9)12(11)13-19-8-20-14(21-13)15(16,17)18/h2-8H,1H3. The van der Waals surface area contributed by atoms with E-state index >= 15 is 0 Å². The molecule has 0 spiro atoms. The summed E-state index contributed by atoms with van der Waals surface area (Å²) in [6.07, 6.45) is 1.32. The van der Waals surface area contributed by atoms with Crippen molar-refractivity contribution in [1.82, 2.24) is 15.0 Å². The van der Waals surface area contributed by atoms with Crippen molar-refractivity contribution in [3.8, 4) is 17.1 Å². The normalized spacial score (nSPS) is 11.6. The molecule has 1 heterocycles. The molecule has 0 aliphatic rings. The fourth-order valence-corrected chi connectivity index (χ4v) is 2.48. The number of nitrogens with zero attached hydrogens (tertiary/aromatic N) is 3. The summed E-state index contributed by atoms with van der Waals surface area (Å²) in [5, 5.41) is 1.98. The molecule has 0 saturated carbocycles. The Hall–Kier alpha value is -1.62. The van der Waals surface area contributed by atoms with Gasteiger partial charge in [-0.25, -0.2) is 15.0 Å². The van der Waals surface area contributed by atoms with Gasteiger partial charge < -0.3 is 4.74 Å². The van der Waals surface area contributed by atoms with Gasteiger partial charge in [0, 0.05) is 0 Å². The van der Waals surface area contributed by atoms with Crippen LogP contribution in [0, 0.1) is 0 Å². The minimum Gasteiger partial charge on any atom is -0.496 e. The number of fused-ring (bicyclic) bond motifs is 1. The molecule has 0 fully saturated rings. The summed E-state index contributed by atoms with van der Waals surface area (Å²) in [5.74, 6) is 1.10. The SMILES string of the molecule is COc1ccc2ccccc2c1-c1ncnc(C(Cl)(Cl)Cl)n1. The van der Waals surface area contributed by atoms with Crippen molar-refractivity contribution in [3.05, 3.63) is 48.5 Å². The van der Waals surface area contributed by atoms with Gasteiger partial charge in [-0.1, -0.05) is 65.1 Å². The first kappa shape index (κ1) is 15.3. The molecular formula is C15H10Cl3N3O. The number of hydrogen-bond donors (Lipinski definition) is 0. The third-order valence-corrected chi connectivity index (χ3v) is 3.67. The van der Waals surface area contributed by atoms with Crippen LogP contribution in [-0.4, -0.2) is 22.1 Å². The van der Waals surface area contributed by atoms with E-state index in [0.717, 1.165) is 16.3 Å². The largest absolute Gasteiger partial charge is 0.496 e. The molecule has 0 radical (unpaired) electrons. The minimum absolute atomic E-state index is 0.0671. The Kier molecular flexibility index (Phi) is 4.08. The molecule has 2 aromatic carbocycles. The summed E-state index contributed by atoms with van der Waals surface area (Å²) < 4.78 is 3.72. The number of hydrogen-bond acceptors (Lipinski definition) is 4. The molecule has 0 amide bonds. The highest BCUT2D eigenvalue weighted by atomic mass is 35.6. The molecule has 22 heavy (non-hydrogen) atoms. The molecule has 0 aliphatic carbocycles. The van der Waals surface area contributed by atoms with Crippen LogP contribution in [0.4, 0.5) is 0 Å². The van der Waals surface area contributed by atoms with Crippen molar-refractivity contribution in [1.29, 1.82) is 0 Å². The summed E-state index contributed by atoms with van der Waals surface area (Å²) in [7, 11) is 1.59. The van der Waals surface area contributed by atoms with Crippen molar-refractivity contribution in [2.45, 2.75) is 3.79 Å². The minimum atomic E-state index is -1.71. The van der Waals surface area contributed by atoms with Crippen LogP contribution in [0.2, 0.25) is 0 Å². The van der Waals surface area contributed by atoms with Gasteiger partial charge in [-0.2, -0.15) is 0 Å². The zero-order valence-electron chi connectivity index (χ0n) is 11.4. The maximum atomic E-state index is 5.86. The number of benzene rings is 2. The molecule has 0 N–H and O–H groups in total. The van der Waals surface area contributed by atoms with Crippen LogP contribution in [0.3, 0.4) is 0 Å². The first-order valence-corrected chi connectivity index (χ1v) is 7.46. The Balaban J connectivity index is 2.30. The Morgan fingerprint density at radius 1 is 1.00 bits per heavy atom. The molecule has 112 valence electrons. The van der Waals surface area contributed by atoms with Crippen LogP contribution in [-0.2, 0) is 3.79 Å². The van der Waals surface area contributed by atoms with Crippen LogP contribution >= 0.6 is 34.8 Å². The van der Waals surface area contributed by atoms with Crippen molar-refractivity contribution in [2.75, 3.05) is 7.11 Å². The van der Waals surface area contributed by atoms with E-state index in [-0.39, 0.29) is 5.82 Å². The summed E-state index contributed by atoms with van der Waals surface area (Å²) in [4.78, 5) is 12.4. The van der Waals surface area contributed by atoms with Crippen molar-refractivity contribution in [2.24, 2.45) is 0 Å². The second-order valence-corrected chi connectivity index (χ2v) is 6.78. The summed E-state index contributed by atoms with van der Waals surface area (Å²) in [6.45, 7) is 0. The second-order valence-electron chi connectivity index (χ2n) is 4.49. The summed E-state index contributed by atoms with van der Waals surface area (Å²) in [5.41, 5.74) is 0.735. The molecule has 0 bridgehead atoms. The Bertz CT molecular complexity index is 834. The lowest BCUT2D eigenvalue weighted by atomic mass is 10.0. The number of halogens is 3. The Morgan fingerprint density at radius 2 is 1.77 bits per heavy atom. The van der Waals surface area contributed by atoms with Crippen molar-refractivity contribution < 1.29 is 4.74 Å². The molecule has 7 heteroatoms. The van der Waals surface area contributed by atoms with Gasteiger partial charge in [0.05, 0.1) is 12.7 Å². The van der Waals surface area contributed by atoms with Gasteiger partial charge in [0.15, 0.2) is 11.6 Å². The highest BCUT2D eigenvalue weighted by Gasteiger charge is 2.27. The molecule has 3 rings (SSSR count). The summed E-state index contributed by atoms with van der Waals surface area (Å²) >= 11 is 17.6. The molecular weight excluding hydrogens is 345 g/mol. The third kappa shape index (κ3) is 2.82. The lowest BCUT2D eigenvalue weighted by Crippen LogP contribution is -2.09. The van der Waals surface area contributed by atoms with Crippen LogP contribution in [0.5, 0.6) is 5.75 Å². The number of rotatable bonds is 2. The van der Waals surface area contributed by atoms with Crippen LogP contribution in [0.25, 0.3) is 22.2 Å². The Morgan fingerprint density at radius 3 is 2.50 bits per heavy atom. The topological polar surface area (TPSA) is 47.9 Å². The molecule has 0 unspecified atom stereocenters. The second kappa shape index (κ2) is 5.88. The van der Waals surface area contributed by atoms with Gasteiger partial charge in [0.1, 0.15) is 12.1 Å². The van der Waals surface area contributed by atoms with Gasteiger partial charge >= 0.3 is 0 Å². The number of alkyl halides is 3. The summed E-state index contributed by atoms with van der Waals surface area (Å²) in [6, 6.07) is 11.7. The average Bonchev–Trinajstić information content (AvgIpc) is 2.53. The van der Waals surface area contributed by atoms with E-state index in [1.54, 1.807) is 7.11 Å². The van der Waals surface area contributed by atoms with E-state index in [0.29, 0.717) is 11.6 Å². The van der Waals surface area contributed by atoms with Crippen LogP contribution in [0.15, 0.2) is 42.7 Å². The van der Waals surface area contributed by atoms with Crippen molar-refractivity contribution in [3.63, 3.8) is 0 Å². The maximum Gasteiger partial charge on any atom is 0.250 e. The van der Waals surface area contributed by atoms with E-state index in [2.05, 4.69) is 15.0 Å². The first-order valence-electron chi connectivity index (χ1n) is 6.33.